The summed E-state index contributed by atoms with van der Waals surface area (Å²) in [6.45, 7) is 0.915. The lowest BCUT2D eigenvalue weighted by Crippen LogP contribution is -2.48. The number of ether oxygens (including phenoxy) is 2. The second-order valence-corrected chi connectivity index (χ2v) is 8.30. The predicted octanol–water partition coefficient (Wildman–Crippen LogP) is 3.79. The van der Waals surface area contributed by atoms with Crippen LogP contribution in [-0.2, 0) is 4.74 Å². The van der Waals surface area contributed by atoms with Crippen molar-refractivity contribution in [1.29, 1.82) is 0 Å². The highest BCUT2D eigenvalue weighted by atomic mass is 16.5. The summed E-state index contributed by atoms with van der Waals surface area (Å²) in [4.78, 5) is 12.7. The van der Waals surface area contributed by atoms with E-state index >= 15 is 0 Å². The average Bonchev–Trinajstić information content (AvgIpc) is 3.39. The summed E-state index contributed by atoms with van der Waals surface area (Å²) in [7, 11) is 1.65. The maximum atomic E-state index is 5.83. The fourth-order valence-corrected chi connectivity index (χ4v) is 4.79. The smallest absolute Gasteiger partial charge is 0.228 e. The zero-order valence-electron chi connectivity index (χ0n) is 16.9. The number of methoxy groups -OCH3 is 1. The first-order valence-electron chi connectivity index (χ1n) is 10.5. The van der Waals surface area contributed by atoms with E-state index in [-0.39, 0.29) is 5.60 Å². The van der Waals surface area contributed by atoms with E-state index in [1.54, 1.807) is 13.3 Å². The number of rotatable bonds is 4. The molecule has 8 nitrogen and oxygen atoms in total. The lowest BCUT2D eigenvalue weighted by Gasteiger charge is -2.46. The quantitative estimate of drug-likeness (QED) is 0.538. The lowest BCUT2D eigenvalue weighted by molar-refractivity contribution is -0.165. The van der Waals surface area contributed by atoms with Crippen LogP contribution in [0.1, 0.15) is 32.1 Å². The molecule has 0 atom stereocenters. The number of fused-ring (bicyclic) bond motifs is 2. The molecule has 6 rings (SSSR count). The highest BCUT2D eigenvalue weighted by Crippen LogP contribution is 2.41. The van der Waals surface area contributed by atoms with Crippen LogP contribution in [0.15, 0.2) is 36.8 Å². The summed E-state index contributed by atoms with van der Waals surface area (Å²) in [6.07, 6.45) is 11.3. The Balaban J connectivity index is 1.31. The maximum Gasteiger partial charge on any atom is 0.228 e. The van der Waals surface area contributed by atoms with Gasteiger partial charge in [-0.3, -0.25) is 0 Å². The molecule has 0 unspecified atom stereocenters. The Labute approximate surface area is 173 Å². The minimum absolute atomic E-state index is 0.158. The molecule has 4 aromatic heterocycles. The van der Waals surface area contributed by atoms with Gasteiger partial charge in [-0.25, -0.2) is 4.52 Å². The summed E-state index contributed by atoms with van der Waals surface area (Å²) in [5, 5.41) is 8.67. The first-order valence-corrected chi connectivity index (χ1v) is 10.5. The van der Waals surface area contributed by atoms with Crippen LogP contribution < -0.4 is 10.1 Å². The Morgan fingerprint density at radius 1 is 1.23 bits per heavy atom. The Kier molecular flexibility index (Phi) is 3.95. The third-order valence-electron chi connectivity index (χ3n) is 6.60. The molecule has 8 heteroatoms. The van der Waals surface area contributed by atoms with Gasteiger partial charge in [0.1, 0.15) is 5.65 Å². The number of aromatic nitrogens is 5. The summed E-state index contributed by atoms with van der Waals surface area (Å²) in [5.41, 5.74) is 4.03. The second-order valence-electron chi connectivity index (χ2n) is 8.30. The SMILES string of the molecule is COc1nc(NC2CCC3(CCO3)CC2)nc2[nH]cc(-c3ccn4nccc4c3)c12. The molecular weight excluding hydrogens is 380 g/mol. The normalized spacial score (nSPS) is 23.7. The van der Waals surface area contributed by atoms with Crippen LogP contribution in [0.2, 0.25) is 0 Å². The molecule has 1 spiro atoms. The van der Waals surface area contributed by atoms with Crippen molar-refractivity contribution in [2.45, 2.75) is 43.7 Å². The van der Waals surface area contributed by atoms with Crippen LogP contribution in [0.4, 0.5) is 5.95 Å². The fourth-order valence-electron chi connectivity index (χ4n) is 4.79. The number of hydrogen-bond acceptors (Lipinski definition) is 6. The van der Waals surface area contributed by atoms with E-state index in [4.69, 9.17) is 14.5 Å². The number of anilines is 1. The first kappa shape index (κ1) is 17.7. The van der Waals surface area contributed by atoms with E-state index in [2.05, 4.69) is 26.4 Å². The fraction of sp³-hybridized carbons (Fsp3) is 0.409. The van der Waals surface area contributed by atoms with Crippen molar-refractivity contribution in [3.8, 4) is 17.0 Å². The molecule has 1 saturated carbocycles. The molecule has 154 valence electrons. The molecule has 5 heterocycles. The van der Waals surface area contributed by atoms with Crippen LogP contribution in [0.5, 0.6) is 5.88 Å². The van der Waals surface area contributed by atoms with Gasteiger partial charge < -0.3 is 19.8 Å². The second kappa shape index (κ2) is 6.70. The number of aromatic amines is 1. The highest BCUT2D eigenvalue weighted by Gasteiger charge is 2.41. The van der Waals surface area contributed by atoms with Gasteiger partial charge in [0.05, 0.1) is 30.2 Å². The largest absolute Gasteiger partial charge is 0.480 e. The monoisotopic (exact) mass is 404 g/mol. The molecule has 4 aromatic rings. The van der Waals surface area contributed by atoms with Gasteiger partial charge in [0, 0.05) is 30.2 Å². The molecule has 2 N–H and O–H groups in total. The minimum atomic E-state index is 0.158. The van der Waals surface area contributed by atoms with Crippen LogP contribution in [0, 0.1) is 0 Å². The van der Waals surface area contributed by atoms with Crippen LogP contribution in [0.25, 0.3) is 27.7 Å². The van der Waals surface area contributed by atoms with Crippen LogP contribution in [0.3, 0.4) is 0 Å². The molecule has 2 fully saturated rings. The molecule has 0 bridgehead atoms. The van der Waals surface area contributed by atoms with Gasteiger partial charge in [-0.15, -0.1) is 0 Å². The standard InChI is InChI=1S/C22H24N6O2/c1-29-20-18-17(14-5-10-28-16(12-14)4-9-24-28)13-23-19(18)26-21(27-20)25-15-2-6-22(7-3-15)8-11-30-22/h4-5,9-10,12-13,15H,2-3,6-8,11H2,1H3,(H2,23,25,26,27). The van der Waals surface area contributed by atoms with E-state index < -0.39 is 0 Å². The van der Waals surface area contributed by atoms with E-state index in [1.807, 2.05) is 29.0 Å². The minimum Gasteiger partial charge on any atom is -0.480 e. The Bertz CT molecular complexity index is 1220. The van der Waals surface area contributed by atoms with Crippen LogP contribution >= 0.6 is 0 Å². The van der Waals surface area contributed by atoms with E-state index in [9.17, 15) is 0 Å². The zero-order chi connectivity index (χ0) is 20.1. The van der Waals surface area contributed by atoms with E-state index in [1.165, 1.54) is 6.42 Å². The van der Waals surface area contributed by atoms with Gasteiger partial charge >= 0.3 is 0 Å². The summed E-state index contributed by atoms with van der Waals surface area (Å²) < 4.78 is 13.3. The molecule has 1 saturated heterocycles. The van der Waals surface area contributed by atoms with Gasteiger partial charge in [0.25, 0.3) is 0 Å². The van der Waals surface area contributed by atoms with E-state index in [0.717, 1.165) is 60.0 Å². The topological polar surface area (TPSA) is 89.4 Å². The third-order valence-corrected chi connectivity index (χ3v) is 6.60. The first-order chi connectivity index (χ1) is 14.7. The van der Waals surface area contributed by atoms with Gasteiger partial charge in [-0.1, -0.05) is 0 Å². The van der Waals surface area contributed by atoms with Crippen molar-refractivity contribution < 1.29 is 9.47 Å². The molecular formula is C22H24N6O2. The molecule has 1 aliphatic carbocycles. The van der Waals surface area contributed by atoms with Gasteiger partial charge in [0.2, 0.25) is 11.8 Å². The highest BCUT2D eigenvalue weighted by molar-refractivity contribution is 5.98. The molecule has 1 aliphatic heterocycles. The summed E-state index contributed by atoms with van der Waals surface area (Å²) >= 11 is 0. The van der Waals surface area contributed by atoms with Crippen molar-refractivity contribution in [3.05, 3.63) is 36.8 Å². The maximum absolute atomic E-state index is 5.83. The molecule has 0 radical (unpaired) electrons. The molecule has 2 aliphatic rings. The van der Waals surface area contributed by atoms with E-state index in [0.29, 0.717) is 17.9 Å². The number of hydrogen-bond donors (Lipinski definition) is 2. The van der Waals surface area contributed by atoms with Gasteiger partial charge in [-0.05, 0) is 55.9 Å². The van der Waals surface area contributed by atoms with Crippen LogP contribution in [-0.4, -0.2) is 49.9 Å². The Hall–Kier alpha value is -3.13. The van der Waals surface area contributed by atoms with Gasteiger partial charge in [0.15, 0.2) is 0 Å². The molecule has 0 aromatic carbocycles. The molecule has 0 amide bonds. The number of nitrogens with one attached hydrogen (secondary N) is 2. The number of nitrogens with zero attached hydrogens (tertiary/aromatic N) is 4. The number of pyridine rings is 1. The zero-order valence-corrected chi connectivity index (χ0v) is 16.9. The number of H-pyrrole nitrogens is 1. The third kappa shape index (κ3) is 2.82. The van der Waals surface area contributed by atoms with Crippen molar-refractivity contribution >= 4 is 22.5 Å². The van der Waals surface area contributed by atoms with Crippen molar-refractivity contribution in [1.82, 2.24) is 24.6 Å². The summed E-state index contributed by atoms with van der Waals surface area (Å²) in [6, 6.07) is 6.48. The van der Waals surface area contributed by atoms with Crippen molar-refractivity contribution in [2.24, 2.45) is 0 Å². The predicted molar refractivity (Wildman–Crippen MR) is 114 cm³/mol. The Morgan fingerprint density at radius 2 is 2.10 bits per heavy atom. The molecule has 30 heavy (non-hydrogen) atoms. The van der Waals surface area contributed by atoms with Crippen molar-refractivity contribution in [3.63, 3.8) is 0 Å². The summed E-state index contributed by atoms with van der Waals surface area (Å²) in [5.74, 6) is 1.18. The Morgan fingerprint density at radius 3 is 2.87 bits per heavy atom. The van der Waals surface area contributed by atoms with Crippen molar-refractivity contribution in [2.75, 3.05) is 19.0 Å². The van der Waals surface area contributed by atoms with Gasteiger partial charge in [-0.2, -0.15) is 15.1 Å². The average molecular weight is 404 g/mol. The lowest BCUT2D eigenvalue weighted by atomic mass is 9.77.